The lowest BCUT2D eigenvalue weighted by Crippen LogP contribution is -2.30. The van der Waals surface area contributed by atoms with Crippen molar-refractivity contribution in [2.75, 3.05) is 29.2 Å². The number of fused-ring (bicyclic) bond motifs is 2. The van der Waals surface area contributed by atoms with E-state index in [1.54, 1.807) is 69.9 Å². The number of anilines is 3. The van der Waals surface area contributed by atoms with Gasteiger partial charge in [-0.25, -0.2) is 4.98 Å². The first-order valence-corrected chi connectivity index (χ1v) is 11.7. The number of hydrogen-bond acceptors (Lipinski definition) is 6. The number of benzene rings is 1. The average Bonchev–Trinajstić information content (AvgIpc) is 3.23. The highest BCUT2D eigenvalue weighted by Gasteiger charge is 2.26. The summed E-state index contributed by atoms with van der Waals surface area (Å²) in [5.74, 6) is 0.234. The average molecular weight is 470 g/mol. The molecule has 3 aromatic heterocycles. The van der Waals surface area contributed by atoms with Crippen LogP contribution >= 0.6 is 11.3 Å². The second-order valence-electron chi connectivity index (χ2n) is 8.21. The summed E-state index contributed by atoms with van der Waals surface area (Å²) in [6.07, 6.45) is 4.13. The fourth-order valence-corrected chi connectivity index (χ4v) is 4.94. The molecule has 0 atom stereocenters. The predicted octanol–water partition coefficient (Wildman–Crippen LogP) is 4.61. The van der Waals surface area contributed by atoms with Crippen LogP contribution in [0.15, 0.2) is 72.4 Å². The first kappa shape index (κ1) is 21.8. The predicted molar refractivity (Wildman–Crippen MR) is 135 cm³/mol. The molecule has 1 aliphatic heterocycles. The number of nitrogens with one attached hydrogen (secondary N) is 1. The molecule has 0 radical (unpaired) electrons. The van der Waals surface area contributed by atoms with E-state index in [1.807, 2.05) is 26.2 Å². The van der Waals surface area contributed by atoms with Gasteiger partial charge in [-0.15, -0.1) is 11.3 Å². The minimum Gasteiger partial charge on any atom is -0.362 e. The lowest BCUT2D eigenvalue weighted by Gasteiger charge is -2.22. The van der Waals surface area contributed by atoms with E-state index in [1.165, 1.54) is 10.4 Å². The zero-order chi connectivity index (χ0) is 23.7. The number of amides is 2. The molecule has 1 N–H and O–H groups in total. The summed E-state index contributed by atoms with van der Waals surface area (Å²) >= 11 is 1.66. The first-order chi connectivity index (χ1) is 16.5. The number of carbonyl (C=O) groups excluding carboxylic acids is 2. The maximum absolute atomic E-state index is 13.5. The Hall–Kier alpha value is -4.04. The van der Waals surface area contributed by atoms with E-state index in [-0.39, 0.29) is 11.8 Å². The molecule has 0 fully saturated rings. The maximum atomic E-state index is 13.5. The van der Waals surface area contributed by atoms with Gasteiger partial charge in [0.1, 0.15) is 5.82 Å². The largest absolute Gasteiger partial charge is 0.362 e. The number of aromatic nitrogens is 2. The maximum Gasteiger partial charge on any atom is 0.259 e. The van der Waals surface area contributed by atoms with Crippen LogP contribution in [0, 0.1) is 0 Å². The second kappa shape index (κ2) is 9.07. The Morgan fingerprint density at radius 1 is 1.00 bits per heavy atom. The Balaban J connectivity index is 1.38. The van der Waals surface area contributed by atoms with Crippen LogP contribution in [-0.4, -0.2) is 35.9 Å². The first-order valence-electron chi connectivity index (χ1n) is 10.9. The van der Waals surface area contributed by atoms with Gasteiger partial charge >= 0.3 is 0 Å². The van der Waals surface area contributed by atoms with E-state index in [0.717, 1.165) is 11.4 Å². The Labute approximate surface area is 201 Å². The van der Waals surface area contributed by atoms with Gasteiger partial charge in [-0.2, -0.15) is 0 Å². The molecule has 0 spiro atoms. The summed E-state index contributed by atoms with van der Waals surface area (Å²) in [5, 5.41) is 4.95. The highest BCUT2D eigenvalue weighted by atomic mass is 32.1. The Bertz CT molecular complexity index is 1360. The lowest BCUT2D eigenvalue weighted by atomic mass is 10.1. The topological polar surface area (TPSA) is 78.4 Å². The van der Waals surface area contributed by atoms with Crippen LogP contribution in [0.1, 0.15) is 36.9 Å². The van der Waals surface area contributed by atoms with Crippen LogP contribution in [0.5, 0.6) is 0 Å². The van der Waals surface area contributed by atoms with Gasteiger partial charge in [0.25, 0.3) is 11.8 Å². The Morgan fingerprint density at radius 2 is 1.76 bits per heavy atom. The molecule has 7 nitrogen and oxygen atoms in total. The normalized spacial score (nSPS) is 12.4. The number of hydrogen-bond donors (Lipinski definition) is 1. The van der Waals surface area contributed by atoms with E-state index in [4.69, 9.17) is 0 Å². The summed E-state index contributed by atoms with van der Waals surface area (Å²) in [7, 11) is 3.68. The van der Waals surface area contributed by atoms with Crippen molar-refractivity contribution in [1.82, 2.24) is 9.97 Å². The monoisotopic (exact) mass is 469 g/mol. The van der Waals surface area contributed by atoms with Gasteiger partial charge in [0.15, 0.2) is 0 Å². The summed E-state index contributed by atoms with van der Waals surface area (Å²) in [4.78, 5) is 39.9. The van der Waals surface area contributed by atoms with Crippen LogP contribution in [0.3, 0.4) is 0 Å². The van der Waals surface area contributed by atoms with Gasteiger partial charge in [0, 0.05) is 49.0 Å². The number of carbonyl (C=O) groups is 2. The van der Waals surface area contributed by atoms with Crippen LogP contribution < -0.4 is 15.1 Å². The number of thiophene rings is 1. The molecule has 5 rings (SSSR count). The molecule has 0 saturated heterocycles. The zero-order valence-corrected chi connectivity index (χ0v) is 19.7. The SMILES string of the molecule is CN(C)c1ncccc1C(=O)Nc1ccc(C(=O)N2Cc3sccc3Cc3ncccc32)cc1. The van der Waals surface area contributed by atoms with Gasteiger partial charge < -0.3 is 15.1 Å². The Kier molecular flexibility index (Phi) is 5.81. The Morgan fingerprint density at radius 3 is 2.56 bits per heavy atom. The quantitative estimate of drug-likeness (QED) is 0.472. The molecule has 0 bridgehead atoms. The lowest BCUT2D eigenvalue weighted by molar-refractivity contribution is 0.0984. The van der Waals surface area contributed by atoms with Gasteiger partial charge in [0.2, 0.25) is 0 Å². The minimum atomic E-state index is -0.256. The molecule has 0 aliphatic carbocycles. The van der Waals surface area contributed by atoms with Crippen molar-refractivity contribution in [2.24, 2.45) is 0 Å². The zero-order valence-electron chi connectivity index (χ0n) is 18.9. The second-order valence-corrected chi connectivity index (χ2v) is 9.21. The summed E-state index contributed by atoms with van der Waals surface area (Å²) in [6.45, 7) is 0.511. The van der Waals surface area contributed by atoms with Crippen molar-refractivity contribution in [1.29, 1.82) is 0 Å². The molecule has 4 heterocycles. The third-order valence-corrected chi connectivity index (χ3v) is 6.69. The standard InChI is InChI=1S/C26H23N5O2S/c1-30(2)24-20(5-3-13-28-24)25(32)29-19-9-7-17(8-10-19)26(33)31-16-23-18(11-14-34-23)15-21-22(31)6-4-12-27-21/h3-14H,15-16H2,1-2H3,(H,29,32). The third kappa shape index (κ3) is 4.15. The highest BCUT2D eigenvalue weighted by molar-refractivity contribution is 7.10. The number of rotatable bonds is 4. The van der Waals surface area contributed by atoms with E-state index >= 15 is 0 Å². The molecule has 4 aromatic rings. The van der Waals surface area contributed by atoms with Crippen LogP contribution in [0.2, 0.25) is 0 Å². The van der Waals surface area contributed by atoms with Gasteiger partial charge in [0.05, 0.1) is 23.5 Å². The van der Waals surface area contributed by atoms with Gasteiger partial charge in [-0.3, -0.25) is 14.6 Å². The van der Waals surface area contributed by atoms with E-state index in [2.05, 4.69) is 26.7 Å². The molecular weight excluding hydrogens is 446 g/mol. The highest BCUT2D eigenvalue weighted by Crippen LogP contribution is 2.33. The van der Waals surface area contributed by atoms with Crippen molar-refractivity contribution >= 4 is 40.3 Å². The van der Waals surface area contributed by atoms with E-state index < -0.39 is 0 Å². The molecule has 2 amide bonds. The fourth-order valence-electron chi connectivity index (χ4n) is 4.05. The van der Waals surface area contributed by atoms with Crippen molar-refractivity contribution in [3.63, 3.8) is 0 Å². The molecule has 0 saturated carbocycles. The molecule has 0 unspecified atom stereocenters. The van der Waals surface area contributed by atoms with E-state index in [9.17, 15) is 9.59 Å². The van der Waals surface area contributed by atoms with Crippen molar-refractivity contribution in [3.8, 4) is 0 Å². The van der Waals surface area contributed by atoms with Crippen LogP contribution in [0.25, 0.3) is 0 Å². The molecule has 8 heteroatoms. The summed E-state index contributed by atoms with van der Waals surface area (Å²) in [6, 6.07) is 16.3. The fraction of sp³-hybridized carbons (Fsp3) is 0.154. The third-order valence-electron chi connectivity index (χ3n) is 5.74. The van der Waals surface area contributed by atoms with Gasteiger partial charge in [-0.1, -0.05) is 0 Å². The van der Waals surface area contributed by atoms with Crippen LogP contribution in [-0.2, 0) is 13.0 Å². The molecule has 1 aromatic carbocycles. The molecule has 170 valence electrons. The minimum absolute atomic E-state index is 0.101. The van der Waals surface area contributed by atoms with Crippen molar-refractivity contribution in [2.45, 2.75) is 13.0 Å². The van der Waals surface area contributed by atoms with E-state index in [0.29, 0.717) is 35.6 Å². The van der Waals surface area contributed by atoms with Crippen molar-refractivity contribution in [3.05, 3.63) is 99.6 Å². The molecular formula is C26H23N5O2S. The smallest absolute Gasteiger partial charge is 0.259 e. The summed E-state index contributed by atoms with van der Waals surface area (Å²) in [5.41, 5.74) is 4.57. The molecule has 34 heavy (non-hydrogen) atoms. The van der Waals surface area contributed by atoms with Crippen molar-refractivity contribution < 1.29 is 9.59 Å². The summed E-state index contributed by atoms with van der Waals surface area (Å²) < 4.78 is 0. The van der Waals surface area contributed by atoms with Gasteiger partial charge in [-0.05, 0) is 65.5 Å². The number of nitrogens with zero attached hydrogens (tertiary/aromatic N) is 4. The van der Waals surface area contributed by atoms with Crippen LogP contribution in [0.4, 0.5) is 17.2 Å². The number of pyridine rings is 2. The molecule has 1 aliphatic rings.